The van der Waals surface area contributed by atoms with Gasteiger partial charge in [0.25, 0.3) is 5.91 Å². The Morgan fingerprint density at radius 3 is 2.62 bits per heavy atom. The predicted octanol–water partition coefficient (Wildman–Crippen LogP) is 5.74. The fourth-order valence-corrected chi connectivity index (χ4v) is 4.81. The van der Waals surface area contributed by atoms with Crippen molar-refractivity contribution in [1.82, 2.24) is 14.5 Å². The Hall–Kier alpha value is -5.12. The average molecular weight is 541 g/mol. The Morgan fingerprint density at radius 2 is 1.85 bits per heavy atom. The second-order valence-corrected chi connectivity index (χ2v) is 9.25. The molecule has 8 nitrogen and oxygen atoms in total. The normalized spacial score (nSPS) is 12.3. The summed E-state index contributed by atoms with van der Waals surface area (Å²) in [6, 6.07) is 12.8. The van der Waals surface area contributed by atoms with E-state index in [9.17, 15) is 14.0 Å². The minimum atomic E-state index is -0.724. The lowest BCUT2D eigenvalue weighted by atomic mass is 10.0. The molecule has 1 aliphatic heterocycles. The number of hydrogen-bond acceptors (Lipinski definition) is 6. The van der Waals surface area contributed by atoms with Crippen molar-refractivity contribution in [1.29, 1.82) is 0 Å². The van der Waals surface area contributed by atoms with Crippen LogP contribution in [0, 0.1) is 11.6 Å². The summed E-state index contributed by atoms with van der Waals surface area (Å²) in [6.07, 6.45) is 6.06. The van der Waals surface area contributed by atoms with Gasteiger partial charge >= 0.3 is 0 Å². The molecule has 0 bridgehead atoms. The first-order chi connectivity index (χ1) is 19.4. The molecule has 0 aliphatic carbocycles. The minimum Gasteiger partial charge on any atom is -0.495 e. The van der Waals surface area contributed by atoms with Crippen LogP contribution in [0.25, 0.3) is 22.2 Å². The lowest BCUT2D eigenvalue weighted by Crippen LogP contribution is -2.26. The number of hydrogen-bond donors (Lipinski definition) is 1. The van der Waals surface area contributed by atoms with Gasteiger partial charge in [-0.2, -0.15) is 0 Å². The van der Waals surface area contributed by atoms with Crippen LogP contribution in [0.2, 0.25) is 0 Å². The molecule has 10 heteroatoms. The SMILES string of the molecule is COc1cnc2c(Oc3ccc(NC(=O)c4c5n(cc(-c6ccc(F)cc6)c4=O)CCC5)cc3F)ccnc2c1. The van der Waals surface area contributed by atoms with Crippen molar-refractivity contribution in [2.45, 2.75) is 19.4 Å². The second kappa shape index (κ2) is 10.2. The number of anilines is 1. The first kappa shape index (κ1) is 25.2. The minimum absolute atomic E-state index is 0.00943. The molecule has 0 saturated carbocycles. The van der Waals surface area contributed by atoms with Crippen LogP contribution < -0.4 is 20.2 Å². The quantitative estimate of drug-likeness (QED) is 0.295. The number of amides is 1. The van der Waals surface area contributed by atoms with Crippen molar-refractivity contribution >= 4 is 22.6 Å². The lowest BCUT2D eigenvalue weighted by molar-refractivity contribution is 0.102. The number of nitrogens with zero attached hydrogens (tertiary/aromatic N) is 3. The number of halogens is 2. The van der Waals surface area contributed by atoms with Crippen LogP contribution in [-0.2, 0) is 13.0 Å². The maximum absolute atomic E-state index is 15.1. The maximum atomic E-state index is 15.1. The molecule has 1 amide bonds. The van der Waals surface area contributed by atoms with Gasteiger partial charge in [0.1, 0.15) is 22.6 Å². The number of carbonyl (C=O) groups excluding carboxylic acids is 1. The summed E-state index contributed by atoms with van der Waals surface area (Å²) in [5, 5.41) is 2.65. The molecule has 6 rings (SSSR count). The zero-order valence-electron chi connectivity index (χ0n) is 21.3. The molecule has 0 saturated heterocycles. The molecule has 2 aromatic carbocycles. The topological polar surface area (TPSA) is 95.3 Å². The van der Waals surface area contributed by atoms with Crippen LogP contribution in [0.1, 0.15) is 22.5 Å². The van der Waals surface area contributed by atoms with E-state index in [1.807, 2.05) is 4.57 Å². The highest BCUT2D eigenvalue weighted by molar-refractivity contribution is 6.05. The van der Waals surface area contributed by atoms with Gasteiger partial charge in [0, 0.05) is 54.1 Å². The van der Waals surface area contributed by atoms with Gasteiger partial charge < -0.3 is 19.4 Å². The molecule has 1 N–H and O–H groups in total. The molecule has 0 unspecified atom stereocenters. The number of methoxy groups -OCH3 is 1. The average Bonchev–Trinajstić information content (AvgIpc) is 3.42. The number of pyridine rings is 3. The zero-order chi connectivity index (χ0) is 27.8. The van der Waals surface area contributed by atoms with Crippen molar-refractivity contribution in [3.05, 3.63) is 106 Å². The molecule has 40 heavy (non-hydrogen) atoms. The van der Waals surface area contributed by atoms with Gasteiger partial charge in [0.15, 0.2) is 17.3 Å². The monoisotopic (exact) mass is 540 g/mol. The van der Waals surface area contributed by atoms with Crippen molar-refractivity contribution in [2.24, 2.45) is 0 Å². The van der Waals surface area contributed by atoms with E-state index in [1.54, 1.807) is 18.3 Å². The second-order valence-electron chi connectivity index (χ2n) is 9.25. The maximum Gasteiger partial charge on any atom is 0.261 e. The molecule has 4 heterocycles. The summed E-state index contributed by atoms with van der Waals surface area (Å²) >= 11 is 0. The summed E-state index contributed by atoms with van der Waals surface area (Å²) < 4.78 is 41.4. The molecule has 0 radical (unpaired) electrons. The number of ether oxygens (including phenoxy) is 2. The van der Waals surface area contributed by atoms with Crippen LogP contribution in [0.3, 0.4) is 0 Å². The van der Waals surface area contributed by atoms with Gasteiger partial charge in [-0.3, -0.25) is 14.6 Å². The number of aryl methyl sites for hydroxylation is 1. The van der Waals surface area contributed by atoms with Crippen molar-refractivity contribution in [3.63, 3.8) is 0 Å². The lowest BCUT2D eigenvalue weighted by Gasteiger charge is -2.14. The van der Waals surface area contributed by atoms with Crippen LogP contribution in [0.15, 0.2) is 78.0 Å². The van der Waals surface area contributed by atoms with E-state index in [0.717, 1.165) is 12.5 Å². The molecule has 0 fully saturated rings. The fraction of sp³-hybridized carbons (Fsp3) is 0.133. The van der Waals surface area contributed by atoms with Crippen LogP contribution in [0.5, 0.6) is 17.2 Å². The van der Waals surface area contributed by atoms with E-state index >= 15 is 4.39 Å². The largest absolute Gasteiger partial charge is 0.495 e. The summed E-state index contributed by atoms with van der Waals surface area (Å²) in [6.45, 7) is 0.649. The third kappa shape index (κ3) is 4.64. The molecular formula is C30H22F2N4O4. The van der Waals surface area contributed by atoms with Crippen molar-refractivity contribution in [2.75, 3.05) is 12.4 Å². The third-order valence-electron chi connectivity index (χ3n) is 6.75. The standard InChI is InChI=1S/C30H22F2N4O4/c1-39-20-14-23-28(34-15-20)26(10-11-33-23)40-25-9-8-19(13-22(25)32)35-30(38)27-24-3-2-12-36(24)16-21(29(27)37)17-4-6-18(31)7-5-17/h4-11,13-16H,2-3,12H2,1H3,(H,35,38). The number of fused-ring (bicyclic) bond motifs is 2. The molecule has 1 aliphatic rings. The summed E-state index contributed by atoms with van der Waals surface area (Å²) in [4.78, 5) is 35.3. The van der Waals surface area contributed by atoms with E-state index in [1.165, 1.54) is 55.9 Å². The summed E-state index contributed by atoms with van der Waals surface area (Å²) in [5.74, 6) is -1.06. The van der Waals surface area contributed by atoms with Crippen LogP contribution in [0.4, 0.5) is 14.5 Å². The fourth-order valence-electron chi connectivity index (χ4n) is 4.81. The molecule has 3 aromatic heterocycles. The highest BCUT2D eigenvalue weighted by Gasteiger charge is 2.25. The van der Waals surface area contributed by atoms with E-state index in [0.29, 0.717) is 52.3 Å². The predicted molar refractivity (Wildman–Crippen MR) is 145 cm³/mol. The number of nitrogens with one attached hydrogen (secondary N) is 1. The van der Waals surface area contributed by atoms with Crippen LogP contribution >= 0.6 is 0 Å². The first-order valence-corrected chi connectivity index (χ1v) is 12.5. The molecule has 200 valence electrons. The highest BCUT2D eigenvalue weighted by Crippen LogP contribution is 2.32. The Morgan fingerprint density at radius 1 is 1.02 bits per heavy atom. The number of aromatic nitrogens is 3. The van der Waals surface area contributed by atoms with Gasteiger partial charge in [0.2, 0.25) is 5.43 Å². The molecule has 0 atom stereocenters. The van der Waals surface area contributed by atoms with Gasteiger partial charge in [-0.25, -0.2) is 13.8 Å². The van der Waals surface area contributed by atoms with E-state index in [2.05, 4.69) is 15.3 Å². The van der Waals surface area contributed by atoms with E-state index in [4.69, 9.17) is 9.47 Å². The Balaban J connectivity index is 1.28. The Kier molecular flexibility index (Phi) is 6.43. The van der Waals surface area contributed by atoms with Gasteiger partial charge in [-0.15, -0.1) is 0 Å². The van der Waals surface area contributed by atoms with E-state index in [-0.39, 0.29) is 17.0 Å². The van der Waals surface area contributed by atoms with Crippen molar-refractivity contribution < 1.29 is 23.0 Å². The van der Waals surface area contributed by atoms with Gasteiger partial charge in [-0.05, 0) is 42.7 Å². The highest BCUT2D eigenvalue weighted by atomic mass is 19.1. The van der Waals surface area contributed by atoms with Crippen LogP contribution in [-0.4, -0.2) is 27.6 Å². The molecule has 5 aromatic rings. The van der Waals surface area contributed by atoms with Gasteiger partial charge in [0.05, 0.1) is 18.8 Å². The summed E-state index contributed by atoms with van der Waals surface area (Å²) in [5.41, 5.74) is 2.03. The number of carbonyl (C=O) groups is 1. The Bertz CT molecular complexity index is 1840. The third-order valence-corrected chi connectivity index (χ3v) is 6.75. The Labute approximate surface area is 226 Å². The number of rotatable bonds is 6. The van der Waals surface area contributed by atoms with E-state index < -0.39 is 23.0 Å². The smallest absolute Gasteiger partial charge is 0.261 e. The van der Waals surface area contributed by atoms with Crippen molar-refractivity contribution in [3.8, 4) is 28.4 Å². The zero-order valence-corrected chi connectivity index (χ0v) is 21.3. The molecular weight excluding hydrogens is 518 g/mol. The number of benzene rings is 2. The molecule has 0 spiro atoms. The summed E-state index contributed by atoms with van der Waals surface area (Å²) in [7, 11) is 1.52. The van der Waals surface area contributed by atoms with Gasteiger partial charge in [-0.1, -0.05) is 12.1 Å². The first-order valence-electron chi connectivity index (χ1n) is 12.5.